The van der Waals surface area contributed by atoms with Crippen molar-refractivity contribution < 1.29 is 14.3 Å². The molecule has 134 valence electrons. The van der Waals surface area contributed by atoms with Crippen LogP contribution in [0.4, 0.5) is 11.4 Å². The van der Waals surface area contributed by atoms with Crippen LogP contribution in [0.5, 0.6) is 5.75 Å². The van der Waals surface area contributed by atoms with Gasteiger partial charge >= 0.3 is 0 Å². The van der Waals surface area contributed by atoms with Crippen molar-refractivity contribution in [2.75, 3.05) is 23.9 Å². The van der Waals surface area contributed by atoms with Crippen molar-refractivity contribution in [2.45, 2.75) is 31.1 Å². The molecule has 1 aliphatic heterocycles. The van der Waals surface area contributed by atoms with Gasteiger partial charge in [-0.2, -0.15) is 0 Å². The molecule has 2 aromatic carbocycles. The van der Waals surface area contributed by atoms with Crippen LogP contribution in [0.25, 0.3) is 0 Å². The Morgan fingerprint density at radius 1 is 1.15 bits per heavy atom. The largest absolute Gasteiger partial charge is 0.495 e. The number of anilines is 2. The number of hydrogen-bond acceptors (Lipinski definition) is 3. The Hall–Kier alpha value is -2.82. The molecule has 5 nitrogen and oxygen atoms in total. The minimum absolute atomic E-state index is 0.00700. The van der Waals surface area contributed by atoms with E-state index >= 15 is 0 Å². The van der Waals surface area contributed by atoms with Gasteiger partial charge in [-0.05, 0) is 43.0 Å². The summed E-state index contributed by atoms with van der Waals surface area (Å²) in [5, 5.41) is 3.04. The lowest BCUT2D eigenvalue weighted by molar-refractivity contribution is -0.118. The Labute approximate surface area is 153 Å². The van der Waals surface area contributed by atoms with Crippen LogP contribution in [0.2, 0.25) is 0 Å². The molecule has 1 saturated carbocycles. The van der Waals surface area contributed by atoms with Gasteiger partial charge in [0.1, 0.15) is 5.75 Å². The van der Waals surface area contributed by atoms with E-state index < -0.39 is 5.41 Å². The molecule has 0 aromatic heterocycles. The second-order valence-electron chi connectivity index (χ2n) is 6.94. The Balaban J connectivity index is 1.59. The average molecular weight is 350 g/mol. The number of nitrogens with one attached hydrogen (secondary N) is 1. The zero-order valence-corrected chi connectivity index (χ0v) is 14.8. The third-order valence-electron chi connectivity index (χ3n) is 5.31. The van der Waals surface area contributed by atoms with Gasteiger partial charge in [0.15, 0.2) is 0 Å². The average Bonchev–Trinajstić information content (AvgIpc) is 3.38. The summed E-state index contributed by atoms with van der Waals surface area (Å²) in [6.45, 7) is 0.681. The topological polar surface area (TPSA) is 58.6 Å². The lowest BCUT2D eigenvalue weighted by Crippen LogP contribution is -2.28. The molecule has 0 atom stereocenters. The van der Waals surface area contributed by atoms with Crippen molar-refractivity contribution in [2.24, 2.45) is 0 Å². The first-order valence-electron chi connectivity index (χ1n) is 8.99. The quantitative estimate of drug-likeness (QED) is 0.898. The molecule has 2 fully saturated rings. The van der Waals surface area contributed by atoms with Crippen LogP contribution in [0.15, 0.2) is 48.5 Å². The first-order valence-corrected chi connectivity index (χ1v) is 8.99. The maximum atomic E-state index is 12.9. The van der Waals surface area contributed by atoms with Gasteiger partial charge in [-0.15, -0.1) is 0 Å². The fourth-order valence-corrected chi connectivity index (χ4v) is 3.66. The van der Waals surface area contributed by atoms with E-state index in [0.717, 1.165) is 30.5 Å². The summed E-state index contributed by atoms with van der Waals surface area (Å²) in [5.74, 6) is 0.740. The van der Waals surface area contributed by atoms with E-state index in [1.54, 1.807) is 18.1 Å². The minimum atomic E-state index is -0.426. The highest BCUT2D eigenvalue weighted by Gasteiger charge is 2.51. The van der Waals surface area contributed by atoms with Crippen molar-refractivity contribution in [3.8, 4) is 5.75 Å². The molecule has 2 aromatic rings. The monoisotopic (exact) mass is 350 g/mol. The predicted molar refractivity (Wildman–Crippen MR) is 101 cm³/mol. The van der Waals surface area contributed by atoms with Gasteiger partial charge in [-0.25, -0.2) is 0 Å². The van der Waals surface area contributed by atoms with Crippen molar-refractivity contribution in [1.29, 1.82) is 0 Å². The predicted octanol–water partition coefficient (Wildman–Crippen LogP) is 3.49. The van der Waals surface area contributed by atoms with Crippen LogP contribution < -0.4 is 15.0 Å². The van der Waals surface area contributed by atoms with E-state index in [9.17, 15) is 9.59 Å². The van der Waals surface area contributed by atoms with E-state index in [1.807, 2.05) is 42.5 Å². The second kappa shape index (κ2) is 6.48. The molecule has 1 saturated heterocycles. The van der Waals surface area contributed by atoms with E-state index in [4.69, 9.17) is 4.74 Å². The number of carbonyl (C=O) groups excluding carboxylic acids is 2. The maximum absolute atomic E-state index is 12.9. The van der Waals surface area contributed by atoms with E-state index in [2.05, 4.69) is 5.32 Å². The second-order valence-corrected chi connectivity index (χ2v) is 6.94. The molecule has 0 spiro atoms. The fourth-order valence-electron chi connectivity index (χ4n) is 3.66. The minimum Gasteiger partial charge on any atom is -0.495 e. The fraction of sp³-hybridized carbons (Fsp3) is 0.333. The molecule has 2 amide bonds. The molecule has 1 heterocycles. The Kier molecular flexibility index (Phi) is 4.15. The molecular formula is C21H22N2O3. The number of ether oxygens (including phenoxy) is 1. The lowest BCUT2D eigenvalue weighted by atomic mass is 9.95. The van der Waals surface area contributed by atoms with E-state index in [-0.39, 0.29) is 11.8 Å². The molecule has 0 unspecified atom stereocenters. The number of rotatable bonds is 5. The third kappa shape index (κ3) is 2.83. The number of benzene rings is 2. The summed E-state index contributed by atoms with van der Waals surface area (Å²) in [5.41, 5.74) is 2.04. The SMILES string of the molecule is COc1ccc(NC(=O)C2(c3ccccc3)CC2)cc1N1CCCC1=O. The molecule has 26 heavy (non-hydrogen) atoms. The standard InChI is InChI=1S/C21H22N2O3/c1-26-18-10-9-16(14-17(18)23-13-5-8-19(23)24)22-20(25)21(11-12-21)15-6-3-2-4-7-15/h2-4,6-7,9-10,14H,5,8,11-13H2,1H3,(H,22,25). The maximum Gasteiger partial charge on any atom is 0.235 e. The lowest BCUT2D eigenvalue weighted by Gasteiger charge is -2.21. The molecular weight excluding hydrogens is 328 g/mol. The Bertz CT molecular complexity index is 844. The molecule has 0 bridgehead atoms. The van der Waals surface area contributed by atoms with Crippen LogP contribution in [-0.4, -0.2) is 25.5 Å². The van der Waals surface area contributed by atoms with Crippen LogP contribution in [0.1, 0.15) is 31.2 Å². The zero-order valence-electron chi connectivity index (χ0n) is 14.8. The summed E-state index contributed by atoms with van der Waals surface area (Å²) in [6.07, 6.45) is 3.11. The summed E-state index contributed by atoms with van der Waals surface area (Å²) < 4.78 is 5.41. The summed E-state index contributed by atoms with van der Waals surface area (Å²) in [4.78, 5) is 26.8. The van der Waals surface area contributed by atoms with Gasteiger partial charge in [0.05, 0.1) is 18.2 Å². The van der Waals surface area contributed by atoms with Crippen molar-refractivity contribution >= 4 is 23.2 Å². The van der Waals surface area contributed by atoms with Crippen LogP contribution in [0, 0.1) is 0 Å². The number of hydrogen-bond donors (Lipinski definition) is 1. The van der Waals surface area contributed by atoms with Crippen molar-refractivity contribution in [1.82, 2.24) is 0 Å². The third-order valence-corrected chi connectivity index (χ3v) is 5.31. The van der Waals surface area contributed by atoms with Gasteiger partial charge in [-0.3, -0.25) is 9.59 Å². The van der Waals surface area contributed by atoms with E-state index in [1.165, 1.54) is 0 Å². The van der Waals surface area contributed by atoms with Gasteiger partial charge in [-0.1, -0.05) is 30.3 Å². The van der Waals surface area contributed by atoms with Gasteiger partial charge in [0.2, 0.25) is 11.8 Å². The Morgan fingerprint density at radius 3 is 2.54 bits per heavy atom. The molecule has 1 N–H and O–H groups in total. The number of amides is 2. The Morgan fingerprint density at radius 2 is 1.92 bits per heavy atom. The van der Waals surface area contributed by atoms with Crippen LogP contribution in [0.3, 0.4) is 0 Å². The first kappa shape index (κ1) is 16.6. The normalized spacial score (nSPS) is 17.9. The number of nitrogens with zero attached hydrogens (tertiary/aromatic N) is 1. The summed E-state index contributed by atoms with van der Waals surface area (Å²) in [6, 6.07) is 15.4. The van der Waals surface area contributed by atoms with Gasteiger partial charge < -0.3 is 15.0 Å². The van der Waals surface area contributed by atoms with E-state index in [0.29, 0.717) is 24.4 Å². The molecule has 1 aliphatic carbocycles. The molecule has 4 rings (SSSR count). The highest BCUT2D eigenvalue weighted by atomic mass is 16.5. The van der Waals surface area contributed by atoms with Gasteiger partial charge in [0, 0.05) is 18.7 Å². The number of carbonyl (C=O) groups is 2. The van der Waals surface area contributed by atoms with Crippen molar-refractivity contribution in [3.63, 3.8) is 0 Å². The highest BCUT2D eigenvalue weighted by Crippen LogP contribution is 2.49. The molecule has 5 heteroatoms. The van der Waals surface area contributed by atoms with Crippen LogP contribution in [-0.2, 0) is 15.0 Å². The number of methoxy groups -OCH3 is 1. The smallest absolute Gasteiger partial charge is 0.235 e. The highest BCUT2D eigenvalue weighted by molar-refractivity contribution is 6.03. The molecule has 2 aliphatic rings. The summed E-state index contributed by atoms with van der Waals surface area (Å²) >= 11 is 0. The van der Waals surface area contributed by atoms with Gasteiger partial charge in [0.25, 0.3) is 0 Å². The van der Waals surface area contributed by atoms with Crippen LogP contribution >= 0.6 is 0 Å². The van der Waals surface area contributed by atoms with Crippen molar-refractivity contribution in [3.05, 3.63) is 54.1 Å². The summed E-state index contributed by atoms with van der Waals surface area (Å²) in [7, 11) is 1.59. The molecule has 0 radical (unpaired) electrons. The first-order chi connectivity index (χ1) is 12.6. The zero-order chi connectivity index (χ0) is 18.1.